The predicted octanol–water partition coefficient (Wildman–Crippen LogP) is 1.82. The van der Waals surface area contributed by atoms with Crippen LogP contribution >= 0.6 is 12.4 Å². The minimum atomic E-state index is -3.77. The fourth-order valence-corrected chi connectivity index (χ4v) is 4.64. The Bertz CT molecular complexity index is 950. The molecule has 1 aliphatic heterocycles. The van der Waals surface area contributed by atoms with E-state index in [1.807, 2.05) is 18.2 Å². The second-order valence-electron chi connectivity index (χ2n) is 6.18. The second kappa shape index (κ2) is 9.27. The van der Waals surface area contributed by atoms with Crippen LogP contribution in [0.25, 0.3) is 0 Å². The molecule has 0 atom stereocenters. The van der Waals surface area contributed by atoms with Crippen molar-refractivity contribution >= 4 is 34.0 Å². The fraction of sp³-hybridized carbons (Fsp3) is 0.316. The molecule has 2 N–H and O–H groups in total. The molecule has 1 amide bonds. The molecule has 2 aromatic carbocycles. The number of para-hydroxylation sites is 1. The number of benzene rings is 2. The van der Waals surface area contributed by atoms with E-state index in [4.69, 9.17) is 4.74 Å². The number of nitrogens with one attached hydrogen (secondary N) is 2. The summed E-state index contributed by atoms with van der Waals surface area (Å²) in [6.45, 7) is 1.42. The molecule has 0 fully saturated rings. The van der Waals surface area contributed by atoms with E-state index < -0.39 is 10.0 Å². The smallest absolute Gasteiger partial charge is 0.264 e. The van der Waals surface area contributed by atoms with Crippen LogP contribution in [0.5, 0.6) is 5.75 Å². The Balaban J connectivity index is 0.00000280. The lowest BCUT2D eigenvalue weighted by Gasteiger charge is -2.20. The summed E-state index contributed by atoms with van der Waals surface area (Å²) in [6.07, 6.45) is 0.670. The standard InChI is InChI=1S/C19H23N3O4S.ClH/c1-20-10-11-21-19(23)16-13-15(7-8-18(16)26-2)27(24,25)22-12-9-14-5-3-4-6-17(14)22;/h3-8,13,20H,9-12H2,1-2H3,(H,21,23);1H. The summed E-state index contributed by atoms with van der Waals surface area (Å²) in [7, 11) is -0.538. The van der Waals surface area contributed by atoms with E-state index in [1.54, 1.807) is 13.1 Å². The minimum absolute atomic E-state index is 0. The number of amides is 1. The van der Waals surface area contributed by atoms with Crippen molar-refractivity contribution in [3.63, 3.8) is 0 Å². The van der Waals surface area contributed by atoms with Gasteiger partial charge in [0.05, 0.1) is 23.3 Å². The molecule has 152 valence electrons. The van der Waals surface area contributed by atoms with Crippen LogP contribution in [0.2, 0.25) is 0 Å². The molecule has 2 aromatic rings. The maximum absolute atomic E-state index is 13.2. The number of likely N-dealkylation sites (N-methyl/N-ethyl adjacent to an activating group) is 1. The Morgan fingerprint density at radius 2 is 1.93 bits per heavy atom. The first-order valence-electron chi connectivity index (χ1n) is 8.70. The molecule has 9 heteroatoms. The van der Waals surface area contributed by atoms with Gasteiger partial charge in [-0.25, -0.2) is 8.42 Å². The van der Waals surface area contributed by atoms with Crippen molar-refractivity contribution in [3.8, 4) is 5.75 Å². The highest BCUT2D eigenvalue weighted by Gasteiger charge is 2.31. The lowest BCUT2D eigenvalue weighted by atomic mass is 10.2. The Morgan fingerprint density at radius 1 is 1.18 bits per heavy atom. The molecule has 0 aromatic heterocycles. The van der Waals surface area contributed by atoms with Gasteiger partial charge < -0.3 is 15.4 Å². The number of hydrogen-bond donors (Lipinski definition) is 2. The van der Waals surface area contributed by atoms with Crippen LogP contribution in [-0.2, 0) is 16.4 Å². The second-order valence-corrected chi connectivity index (χ2v) is 8.04. The van der Waals surface area contributed by atoms with Gasteiger partial charge in [0.2, 0.25) is 0 Å². The number of carbonyl (C=O) groups is 1. The molecule has 1 aliphatic rings. The van der Waals surface area contributed by atoms with Gasteiger partial charge in [-0.1, -0.05) is 18.2 Å². The number of carbonyl (C=O) groups excluding carboxylic acids is 1. The summed E-state index contributed by atoms with van der Waals surface area (Å²) in [5.41, 5.74) is 1.88. The minimum Gasteiger partial charge on any atom is -0.496 e. The highest BCUT2D eigenvalue weighted by atomic mass is 35.5. The van der Waals surface area contributed by atoms with Gasteiger partial charge in [0, 0.05) is 19.6 Å². The van der Waals surface area contributed by atoms with Crippen molar-refractivity contribution in [2.24, 2.45) is 0 Å². The topological polar surface area (TPSA) is 87.7 Å². The summed E-state index contributed by atoms with van der Waals surface area (Å²) in [6, 6.07) is 11.8. The highest BCUT2D eigenvalue weighted by molar-refractivity contribution is 7.92. The van der Waals surface area contributed by atoms with E-state index in [-0.39, 0.29) is 28.8 Å². The molecule has 3 rings (SSSR count). The number of sulfonamides is 1. The molecular weight excluding hydrogens is 402 g/mol. The SMILES string of the molecule is CNCCNC(=O)c1cc(S(=O)(=O)N2CCc3ccccc32)ccc1OC.Cl. The number of methoxy groups -OCH3 is 1. The molecule has 7 nitrogen and oxygen atoms in total. The Hall–Kier alpha value is -2.29. The molecule has 0 radical (unpaired) electrons. The maximum Gasteiger partial charge on any atom is 0.264 e. The Kier molecular flexibility index (Phi) is 7.29. The van der Waals surface area contributed by atoms with Gasteiger partial charge in [0.1, 0.15) is 5.75 Å². The number of fused-ring (bicyclic) bond motifs is 1. The van der Waals surface area contributed by atoms with Gasteiger partial charge in [-0.3, -0.25) is 9.10 Å². The van der Waals surface area contributed by atoms with E-state index in [2.05, 4.69) is 10.6 Å². The van der Waals surface area contributed by atoms with E-state index in [1.165, 1.54) is 29.6 Å². The number of rotatable bonds is 7. The van der Waals surface area contributed by atoms with Gasteiger partial charge >= 0.3 is 0 Å². The van der Waals surface area contributed by atoms with Crippen LogP contribution in [0.3, 0.4) is 0 Å². The first-order chi connectivity index (χ1) is 13.0. The summed E-state index contributed by atoms with van der Waals surface area (Å²) >= 11 is 0. The quantitative estimate of drug-likeness (QED) is 0.660. The third kappa shape index (κ3) is 4.24. The normalized spacial score (nSPS) is 12.9. The van der Waals surface area contributed by atoms with Gasteiger partial charge in [-0.2, -0.15) is 0 Å². The Morgan fingerprint density at radius 3 is 2.64 bits per heavy atom. The maximum atomic E-state index is 13.2. The van der Waals surface area contributed by atoms with Gasteiger partial charge in [0.15, 0.2) is 0 Å². The van der Waals surface area contributed by atoms with E-state index >= 15 is 0 Å². The number of hydrogen-bond acceptors (Lipinski definition) is 5. The van der Waals surface area contributed by atoms with Gasteiger partial charge in [-0.05, 0) is 43.3 Å². The molecule has 0 bridgehead atoms. The lowest BCUT2D eigenvalue weighted by Crippen LogP contribution is -2.31. The number of nitrogens with zero attached hydrogens (tertiary/aromatic N) is 1. The van der Waals surface area contributed by atoms with Crippen LogP contribution in [0.15, 0.2) is 47.4 Å². The summed E-state index contributed by atoms with van der Waals surface area (Å²) < 4.78 is 33.0. The van der Waals surface area contributed by atoms with E-state index in [0.29, 0.717) is 37.5 Å². The van der Waals surface area contributed by atoms with Gasteiger partial charge in [0.25, 0.3) is 15.9 Å². The van der Waals surface area contributed by atoms with Crippen LogP contribution in [0.1, 0.15) is 15.9 Å². The first-order valence-corrected chi connectivity index (χ1v) is 10.1. The van der Waals surface area contributed by atoms with Crippen LogP contribution in [0, 0.1) is 0 Å². The van der Waals surface area contributed by atoms with Gasteiger partial charge in [-0.15, -0.1) is 12.4 Å². The van der Waals surface area contributed by atoms with Crippen LogP contribution in [0.4, 0.5) is 5.69 Å². The van der Waals surface area contributed by atoms with Crippen LogP contribution in [-0.4, -0.2) is 48.1 Å². The van der Waals surface area contributed by atoms with Crippen molar-refractivity contribution in [1.29, 1.82) is 0 Å². The molecule has 1 heterocycles. The molecule has 0 saturated heterocycles. The third-order valence-corrected chi connectivity index (χ3v) is 6.32. The molecule has 0 spiro atoms. The molecular formula is C19H24ClN3O4S. The summed E-state index contributed by atoms with van der Waals surface area (Å²) in [4.78, 5) is 12.5. The number of anilines is 1. The third-order valence-electron chi connectivity index (χ3n) is 4.51. The summed E-state index contributed by atoms with van der Waals surface area (Å²) in [5.74, 6) is -0.0429. The first kappa shape index (κ1) is 22.0. The molecule has 28 heavy (non-hydrogen) atoms. The number of ether oxygens (including phenoxy) is 1. The molecule has 0 saturated carbocycles. The van der Waals surface area contributed by atoms with Crippen molar-refractivity contribution in [2.45, 2.75) is 11.3 Å². The predicted molar refractivity (Wildman–Crippen MR) is 111 cm³/mol. The van der Waals surface area contributed by atoms with Crippen LogP contribution < -0.4 is 19.7 Å². The van der Waals surface area contributed by atoms with Crippen molar-refractivity contribution in [3.05, 3.63) is 53.6 Å². The zero-order valence-electron chi connectivity index (χ0n) is 15.8. The zero-order chi connectivity index (χ0) is 19.4. The highest BCUT2D eigenvalue weighted by Crippen LogP contribution is 2.33. The zero-order valence-corrected chi connectivity index (χ0v) is 17.4. The van der Waals surface area contributed by atoms with Crippen molar-refractivity contribution in [1.82, 2.24) is 10.6 Å². The van der Waals surface area contributed by atoms with E-state index in [9.17, 15) is 13.2 Å². The van der Waals surface area contributed by atoms with Crippen molar-refractivity contribution in [2.75, 3.05) is 38.1 Å². The molecule has 0 unspecified atom stereocenters. The fourth-order valence-electron chi connectivity index (χ4n) is 3.11. The average Bonchev–Trinajstić information content (AvgIpc) is 3.12. The molecule has 0 aliphatic carbocycles. The lowest BCUT2D eigenvalue weighted by molar-refractivity contribution is 0.0951. The van der Waals surface area contributed by atoms with Crippen molar-refractivity contribution < 1.29 is 17.9 Å². The number of halogens is 1. The largest absolute Gasteiger partial charge is 0.496 e. The van der Waals surface area contributed by atoms with E-state index in [0.717, 1.165) is 5.56 Å². The average molecular weight is 426 g/mol. The Labute approximate surface area is 171 Å². The monoisotopic (exact) mass is 425 g/mol. The summed E-state index contributed by atoms with van der Waals surface area (Å²) in [5, 5.41) is 5.69.